The summed E-state index contributed by atoms with van der Waals surface area (Å²) in [6.45, 7) is 3.84. The van der Waals surface area contributed by atoms with Crippen molar-refractivity contribution in [2.24, 2.45) is 13.0 Å². The number of rotatable bonds is 3. The normalized spacial score (nSPS) is 23.1. The number of ether oxygens (including phenoxy) is 1. The third-order valence-corrected chi connectivity index (χ3v) is 5.72. The highest BCUT2D eigenvalue weighted by Crippen LogP contribution is 2.29. The fourth-order valence-electron chi connectivity index (χ4n) is 4.30. The Hall–Kier alpha value is -1.65. The molecule has 2 aromatic rings. The molecule has 3 heterocycles. The zero-order valence-electron chi connectivity index (χ0n) is 14.4. The van der Waals surface area contributed by atoms with Crippen molar-refractivity contribution in [3.05, 3.63) is 46.2 Å². The number of pyridine rings is 1. The average molecular weight is 326 g/mol. The van der Waals surface area contributed by atoms with Gasteiger partial charge in [0.15, 0.2) is 0 Å². The Bertz CT molecular complexity index is 769. The van der Waals surface area contributed by atoms with Crippen molar-refractivity contribution in [1.29, 1.82) is 0 Å². The number of para-hydroxylation sites is 1. The number of hydrogen-bond acceptors (Lipinski definition) is 3. The van der Waals surface area contributed by atoms with E-state index in [0.29, 0.717) is 12.0 Å². The monoisotopic (exact) mass is 326 g/mol. The van der Waals surface area contributed by atoms with E-state index in [1.807, 2.05) is 25.2 Å². The zero-order chi connectivity index (χ0) is 16.5. The van der Waals surface area contributed by atoms with Gasteiger partial charge in [0.05, 0.1) is 11.6 Å². The lowest BCUT2D eigenvalue weighted by Crippen LogP contribution is -2.38. The van der Waals surface area contributed by atoms with E-state index in [2.05, 4.69) is 17.0 Å². The van der Waals surface area contributed by atoms with Crippen LogP contribution >= 0.6 is 0 Å². The standard InChI is InChI=1S/C20H26N2O2/c1-21-18-6-3-2-5-16(18)13-17(20(21)23)14-22-10-8-15(9-11-22)19-7-4-12-24-19/h2-3,5-6,13,15,19H,4,7-12,14H2,1H3. The fraction of sp³-hybridized carbons (Fsp3) is 0.550. The Balaban J connectivity index is 1.47. The number of piperidine rings is 1. The molecule has 24 heavy (non-hydrogen) atoms. The van der Waals surface area contributed by atoms with Gasteiger partial charge in [0.2, 0.25) is 0 Å². The van der Waals surface area contributed by atoms with Crippen molar-refractivity contribution in [3.8, 4) is 0 Å². The third-order valence-electron chi connectivity index (χ3n) is 5.72. The van der Waals surface area contributed by atoms with Gasteiger partial charge >= 0.3 is 0 Å². The van der Waals surface area contributed by atoms with Gasteiger partial charge in [-0.15, -0.1) is 0 Å². The molecule has 128 valence electrons. The predicted molar refractivity (Wildman–Crippen MR) is 96.2 cm³/mol. The number of aryl methyl sites for hydroxylation is 1. The second-order valence-corrected chi connectivity index (χ2v) is 7.26. The van der Waals surface area contributed by atoms with Crippen LogP contribution in [0, 0.1) is 5.92 Å². The maximum Gasteiger partial charge on any atom is 0.255 e. The summed E-state index contributed by atoms with van der Waals surface area (Å²) in [7, 11) is 1.87. The lowest BCUT2D eigenvalue weighted by molar-refractivity contribution is 0.0304. The van der Waals surface area contributed by atoms with E-state index in [9.17, 15) is 4.79 Å². The van der Waals surface area contributed by atoms with Crippen LogP contribution in [0.3, 0.4) is 0 Å². The maximum absolute atomic E-state index is 12.6. The van der Waals surface area contributed by atoms with E-state index in [0.717, 1.165) is 42.7 Å². The molecule has 4 rings (SSSR count). The first-order valence-corrected chi connectivity index (χ1v) is 9.14. The van der Waals surface area contributed by atoms with Gasteiger partial charge in [-0.1, -0.05) is 18.2 Å². The molecule has 2 aliphatic rings. The molecule has 0 aliphatic carbocycles. The summed E-state index contributed by atoms with van der Waals surface area (Å²) < 4.78 is 7.64. The van der Waals surface area contributed by atoms with Crippen LogP contribution in [-0.2, 0) is 18.3 Å². The van der Waals surface area contributed by atoms with E-state index in [4.69, 9.17) is 4.74 Å². The largest absolute Gasteiger partial charge is 0.378 e. The fourth-order valence-corrected chi connectivity index (χ4v) is 4.30. The SMILES string of the molecule is Cn1c(=O)c(CN2CCC(C3CCCO3)CC2)cc2ccccc21. The topological polar surface area (TPSA) is 34.5 Å². The summed E-state index contributed by atoms with van der Waals surface area (Å²) in [6.07, 6.45) is 5.33. The summed E-state index contributed by atoms with van der Waals surface area (Å²) >= 11 is 0. The van der Waals surface area contributed by atoms with Crippen LogP contribution in [-0.4, -0.2) is 35.3 Å². The highest BCUT2D eigenvalue weighted by Gasteiger charge is 2.29. The number of aromatic nitrogens is 1. The highest BCUT2D eigenvalue weighted by atomic mass is 16.5. The van der Waals surface area contributed by atoms with Gasteiger partial charge in [0.25, 0.3) is 5.56 Å². The number of fused-ring (bicyclic) bond motifs is 1. The predicted octanol–water partition coefficient (Wildman–Crippen LogP) is 2.93. The van der Waals surface area contributed by atoms with Crippen LogP contribution in [0.4, 0.5) is 0 Å². The van der Waals surface area contributed by atoms with E-state index in [1.54, 1.807) is 4.57 Å². The van der Waals surface area contributed by atoms with Crippen molar-refractivity contribution < 1.29 is 4.74 Å². The van der Waals surface area contributed by atoms with E-state index in [1.165, 1.54) is 25.7 Å². The molecule has 0 spiro atoms. The van der Waals surface area contributed by atoms with E-state index >= 15 is 0 Å². The third kappa shape index (κ3) is 3.01. The molecule has 0 N–H and O–H groups in total. The Morgan fingerprint density at radius 2 is 1.96 bits per heavy atom. The van der Waals surface area contributed by atoms with Gasteiger partial charge in [-0.05, 0) is 62.2 Å². The molecule has 1 atom stereocenters. The smallest absolute Gasteiger partial charge is 0.255 e. The summed E-state index contributed by atoms with van der Waals surface area (Å²) in [5.41, 5.74) is 2.05. The van der Waals surface area contributed by atoms with E-state index in [-0.39, 0.29) is 5.56 Å². The van der Waals surface area contributed by atoms with Crippen LogP contribution in [0.2, 0.25) is 0 Å². The first kappa shape index (κ1) is 15.9. The molecule has 2 saturated heterocycles. The molecule has 0 bridgehead atoms. The minimum absolute atomic E-state index is 0.134. The van der Waals surface area contributed by atoms with Crippen LogP contribution in [0.1, 0.15) is 31.2 Å². The lowest BCUT2D eigenvalue weighted by Gasteiger charge is -2.34. The van der Waals surface area contributed by atoms with Gasteiger partial charge in [-0.2, -0.15) is 0 Å². The second kappa shape index (κ2) is 6.69. The first-order chi connectivity index (χ1) is 11.7. The van der Waals surface area contributed by atoms with Crippen LogP contribution in [0.5, 0.6) is 0 Å². The first-order valence-electron chi connectivity index (χ1n) is 9.14. The Kier molecular flexibility index (Phi) is 4.42. The van der Waals surface area contributed by atoms with Crippen molar-refractivity contribution in [3.63, 3.8) is 0 Å². The molecule has 1 aromatic carbocycles. The molecule has 1 unspecified atom stereocenters. The van der Waals surface area contributed by atoms with Gasteiger partial charge in [-0.25, -0.2) is 0 Å². The minimum Gasteiger partial charge on any atom is -0.378 e. The van der Waals surface area contributed by atoms with Gasteiger partial charge in [-0.3, -0.25) is 9.69 Å². The van der Waals surface area contributed by atoms with Crippen molar-refractivity contribution in [1.82, 2.24) is 9.47 Å². The van der Waals surface area contributed by atoms with Crippen molar-refractivity contribution in [2.75, 3.05) is 19.7 Å². The maximum atomic E-state index is 12.6. The highest BCUT2D eigenvalue weighted by molar-refractivity contribution is 5.79. The molecular formula is C20H26N2O2. The van der Waals surface area contributed by atoms with Gasteiger partial charge < -0.3 is 9.30 Å². The molecule has 2 fully saturated rings. The number of likely N-dealkylation sites (tertiary alicyclic amines) is 1. The van der Waals surface area contributed by atoms with Crippen LogP contribution < -0.4 is 5.56 Å². The summed E-state index contributed by atoms with van der Waals surface area (Å²) in [5.74, 6) is 0.711. The second-order valence-electron chi connectivity index (χ2n) is 7.26. The summed E-state index contributed by atoms with van der Waals surface area (Å²) in [6, 6.07) is 10.2. The molecule has 0 amide bonds. The average Bonchev–Trinajstić information content (AvgIpc) is 3.15. The Labute approximate surface area is 143 Å². The zero-order valence-corrected chi connectivity index (χ0v) is 14.4. The molecule has 0 radical (unpaired) electrons. The molecule has 2 aliphatic heterocycles. The van der Waals surface area contributed by atoms with E-state index < -0.39 is 0 Å². The van der Waals surface area contributed by atoms with Crippen molar-refractivity contribution in [2.45, 2.75) is 38.3 Å². The quantitative estimate of drug-likeness (QED) is 0.870. The van der Waals surface area contributed by atoms with Gasteiger partial charge in [0.1, 0.15) is 0 Å². The van der Waals surface area contributed by atoms with Crippen LogP contribution in [0.25, 0.3) is 10.9 Å². The molecule has 4 nitrogen and oxygen atoms in total. The number of hydrogen-bond donors (Lipinski definition) is 0. The van der Waals surface area contributed by atoms with Gasteiger partial charge in [0, 0.05) is 25.8 Å². The molecule has 0 saturated carbocycles. The minimum atomic E-state index is 0.134. The molecule has 4 heteroatoms. The number of benzene rings is 1. The van der Waals surface area contributed by atoms with Crippen molar-refractivity contribution >= 4 is 10.9 Å². The summed E-state index contributed by atoms with van der Waals surface area (Å²) in [4.78, 5) is 15.1. The van der Waals surface area contributed by atoms with Crippen LogP contribution in [0.15, 0.2) is 35.1 Å². The Morgan fingerprint density at radius 3 is 2.71 bits per heavy atom. The number of nitrogens with zero attached hydrogens (tertiary/aromatic N) is 2. The lowest BCUT2D eigenvalue weighted by atomic mass is 9.89. The molecule has 1 aromatic heterocycles. The Morgan fingerprint density at radius 1 is 1.17 bits per heavy atom. The summed E-state index contributed by atoms with van der Waals surface area (Å²) in [5, 5.41) is 1.14. The molecular weight excluding hydrogens is 300 g/mol.